The molecule has 3 rings (SSSR count). The van der Waals surface area contributed by atoms with E-state index in [0.29, 0.717) is 12.5 Å². The number of rotatable bonds is 3. The zero-order valence-electron chi connectivity index (χ0n) is 13.7. The third-order valence-electron chi connectivity index (χ3n) is 5.17. The zero-order chi connectivity index (χ0) is 16.6. The van der Waals surface area contributed by atoms with Crippen molar-refractivity contribution in [2.24, 2.45) is 13.0 Å². The van der Waals surface area contributed by atoms with Crippen LogP contribution in [0.4, 0.5) is 0 Å². The van der Waals surface area contributed by atoms with Crippen molar-refractivity contribution in [3.8, 4) is 0 Å². The minimum absolute atomic E-state index is 0.115. The molecule has 1 aromatic rings. The number of piperidine rings is 1. The Balaban J connectivity index is 1.93. The topological polar surface area (TPSA) is 68.6 Å². The number of aryl methyl sites for hydroxylation is 1. The minimum Gasteiger partial charge on any atom is -0.464 e. The van der Waals surface area contributed by atoms with Crippen LogP contribution >= 0.6 is 0 Å². The quantitative estimate of drug-likeness (QED) is 0.791. The SMILES string of the molecule is COC(=O)c1cc(S(=O)(=O)N2CCC[C@@H]3CCCC[C@H]32)cn1C. The maximum atomic E-state index is 13.1. The van der Waals surface area contributed by atoms with E-state index >= 15 is 0 Å². The van der Waals surface area contributed by atoms with Gasteiger partial charge in [-0.15, -0.1) is 0 Å². The summed E-state index contributed by atoms with van der Waals surface area (Å²) in [6.07, 6.45) is 7.91. The van der Waals surface area contributed by atoms with Crippen LogP contribution in [0.3, 0.4) is 0 Å². The lowest BCUT2D eigenvalue weighted by atomic mass is 9.79. The van der Waals surface area contributed by atoms with Gasteiger partial charge in [-0.25, -0.2) is 13.2 Å². The van der Waals surface area contributed by atoms with Gasteiger partial charge < -0.3 is 9.30 Å². The molecule has 0 unspecified atom stereocenters. The van der Waals surface area contributed by atoms with Gasteiger partial charge in [0.25, 0.3) is 0 Å². The van der Waals surface area contributed by atoms with Crippen molar-refractivity contribution in [1.29, 1.82) is 0 Å². The molecule has 2 aliphatic rings. The first-order valence-electron chi connectivity index (χ1n) is 8.21. The first kappa shape index (κ1) is 16.5. The molecule has 0 spiro atoms. The Morgan fingerprint density at radius 2 is 1.91 bits per heavy atom. The predicted octanol–water partition coefficient (Wildman–Crippen LogP) is 2.16. The molecule has 1 saturated heterocycles. The summed E-state index contributed by atoms with van der Waals surface area (Å²) < 4.78 is 34.1. The predicted molar refractivity (Wildman–Crippen MR) is 85.6 cm³/mol. The molecule has 7 heteroatoms. The molecule has 0 bridgehead atoms. The third-order valence-corrected chi connectivity index (χ3v) is 7.06. The van der Waals surface area contributed by atoms with Gasteiger partial charge in [0, 0.05) is 25.8 Å². The second kappa shape index (κ2) is 6.28. The fourth-order valence-electron chi connectivity index (χ4n) is 4.00. The first-order chi connectivity index (χ1) is 10.9. The van der Waals surface area contributed by atoms with E-state index in [4.69, 9.17) is 4.74 Å². The van der Waals surface area contributed by atoms with Crippen LogP contribution in [-0.2, 0) is 21.8 Å². The number of esters is 1. The van der Waals surface area contributed by atoms with Crippen LogP contribution in [0.15, 0.2) is 17.2 Å². The van der Waals surface area contributed by atoms with E-state index in [1.54, 1.807) is 11.4 Å². The number of hydrogen-bond donors (Lipinski definition) is 0. The number of aromatic nitrogens is 1. The molecule has 1 aliphatic carbocycles. The number of fused-ring (bicyclic) bond motifs is 1. The first-order valence-corrected chi connectivity index (χ1v) is 9.65. The van der Waals surface area contributed by atoms with Crippen molar-refractivity contribution in [3.63, 3.8) is 0 Å². The van der Waals surface area contributed by atoms with Crippen LogP contribution in [0.25, 0.3) is 0 Å². The Labute approximate surface area is 137 Å². The van der Waals surface area contributed by atoms with E-state index in [2.05, 4.69) is 0 Å². The highest BCUT2D eigenvalue weighted by Crippen LogP contribution is 2.38. The lowest BCUT2D eigenvalue weighted by Crippen LogP contribution is -2.49. The average molecular weight is 340 g/mol. The lowest BCUT2D eigenvalue weighted by molar-refractivity contribution is 0.0590. The van der Waals surface area contributed by atoms with Gasteiger partial charge in [0.05, 0.1) is 7.11 Å². The number of carbonyl (C=O) groups is 1. The number of sulfonamides is 1. The molecule has 6 nitrogen and oxygen atoms in total. The van der Waals surface area contributed by atoms with E-state index in [1.807, 2.05) is 0 Å². The summed E-state index contributed by atoms with van der Waals surface area (Å²) in [6.45, 7) is 0.575. The zero-order valence-corrected chi connectivity index (χ0v) is 14.5. The van der Waals surface area contributed by atoms with Crippen LogP contribution in [0.5, 0.6) is 0 Å². The van der Waals surface area contributed by atoms with Gasteiger partial charge in [-0.3, -0.25) is 0 Å². The lowest BCUT2D eigenvalue weighted by Gasteiger charge is -2.42. The summed E-state index contributed by atoms with van der Waals surface area (Å²) in [7, 11) is -0.621. The average Bonchev–Trinajstić information content (AvgIpc) is 2.96. The Kier molecular flexibility index (Phi) is 4.51. The Morgan fingerprint density at radius 1 is 1.22 bits per heavy atom. The highest BCUT2D eigenvalue weighted by Gasteiger charge is 2.40. The minimum atomic E-state index is -3.57. The molecule has 23 heavy (non-hydrogen) atoms. The van der Waals surface area contributed by atoms with Gasteiger partial charge in [-0.2, -0.15) is 4.31 Å². The second-order valence-corrected chi connectivity index (χ2v) is 8.42. The van der Waals surface area contributed by atoms with Crippen molar-refractivity contribution in [2.45, 2.75) is 49.5 Å². The molecule has 128 valence electrons. The van der Waals surface area contributed by atoms with E-state index in [-0.39, 0.29) is 16.6 Å². The molecular formula is C16H24N2O4S. The number of ether oxygens (including phenoxy) is 1. The van der Waals surface area contributed by atoms with Crippen LogP contribution in [0.2, 0.25) is 0 Å². The summed E-state index contributed by atoms with van der Waals surface area (Å²) in [5, 5.41) is 0. The maximum Gasteiger partial charge on any atom is 0.354 e. The van der Waals surface area contributed by atoms with Crippen LogP contribution in [0.1, 0.15) is 49.0 Å². The van der Waals surface area contributed by atoms with Gasteiger partial charge >= 0.3 is 5.97 Å². The molecule has 1 aliphatic heterocycles. The Hall–Kier alpha value is -1.34. The van der Waals surface area contributed by atoms with Crippen molar-refractivity contribution < 1.29 is 17.9 Å². The van der Waals surface area contributed by atoms with Crippen molar-refractivity contribution in [3.05, 3.63) is 18.0 Å². The van der Waals surface area contributed by atoms with E-state index in [1.165, 1.54) is 30.4 Å². The smallest absolute Gasteiger partial charge is 0.354 e. The molecule has 0 amide bonds. The van der Waals surface area contributed by atoms with Gasteiger partial charge in [-0.1, -0.05) is 12.8 Å². The number of carbonyl (C=O) groups excluding carboxylic acids is 1. The Morgan fingerprint density at radius 3 is 2.65 bits per heavy atom. The molecule has 1 saturated carbocycles. The van der Waals surface area contributed by atoms with Crippen molar-refractivity contribution in [2.75, 3.05) is 13.7 Å². The van der Waals surface area contributed by atoms with E-state index < -0.39 is 16.0 Å². The molecule has 2 heterocycles. The third kappa shape index (κ3) is 2.92. The standard InChI is InChI=1S/C16H24N2O4S/c1-17-11-13(10-15(17)16(19)22-2)23(20,21)18-9-5-7-12-6-3-4-8-14(12)18/h10-12,14H,3-9H2,1-2H3/t12-,14+/m0/s1. The summed E-state index contributed by atoms with van der Waals surface area (Å²) in [5.74, 6) is -0.0424. The van der Waals surface area contributed by atoms with E-state index in [9.17, 15) is 13.2 Å². The molecule has 1 aromatic heterocycles. The Bertz CT molecular complexity index is 693. The molecule has 0 aromatic carbocycles. The number of hydrogen-bond acceptors (Lipinski definition) is 4. The summed E-state index contributed by atoms with van der Waals surface area (Å²) >= 11 is 0. The van der Waals surface area contributed by atoms with Crippen LogP contribution in [0, 0.1) is 5.92 Å². The van der Waals surface area contributed by atoms with E-state index in [0.717, 1.165) is 32.1 Å². The molecule has 0 radical (unpaired) electrons. The molecule has 0 N–H and O–H groups in total. The van der Waals surface area contributed by atoms with Crippen molar-refractivity contribution in [1.82, 2.24) is 8.87 Å². The largest absolute Gasteiger partial charge is 0.464 e. The number of nitrogens with zero attached hydrogens (tertiary/aromatic N) is 2. The van der Waals surface area contributed by atoms with Gasteiger partial charge in [0.2, 0.25) is 10.0 Å². The summed E-state index contributed by atoms with van der Waals surface area (Å²) in [6, 6.07) is 1.54. The molecule has 2 fully saturated rings. The summed E-state index contributed by atoms with van der Waals surface area (Å²) in [4.78, 5) is 11.9. The highest BCUT2D eigenvalue weighted by atomic mass is 32.2. The maximum absolute atomic E-state index is 13.1. The van der Waals surface area contributed by atoms with Crippen molar-refractivity contribution >= 4 is 16.0 Å². The fourth-order valence-corrected chi connectivity index (χ4v) is 5.82. The van der Waals surface area contributed by atoms with Gasteiger partial charge in [0.1, 0.15) is 10.6 Å². The van der Waals surface area contributed by atoms with Crippen LogP contribution < -0.4 is 0 Å². The monoisotopic (exact) mass is 340 g/mol. The highest BCUT2D eigenvalue weighted by molar-refractivity contribution is 7.89. The van der Waals surface area contributed by atoms with Gasteiger partial charge in [-0.05, 0) is 37.7 Å². The molecular weight excluding hydrogens is 316 g/mol. The van der Waals surface area contributed by atoms with Gasteiger partial charge in [0.15, 0.2) is 0 Å². The fraction of sp³-hybridized carbons (Fsp3) is 0.688. The molecule has 2 atom stereocenters. The normalized spacial score (nSPS) is 25.8. The second-order valence-electron chi connectivity index (χ2n) is 6.53. The number of methoxy groups -OCH3 is 1. The van der Waals surface area contributed by atoms with Crippen LogP contribution in [-0.4, -0.2) is 43.0 Å². The summed E-state index contributed by atoms with van der Waals surface area (Å²) in [5.41, 5.74) is 0.253.